The number of rotatable bonds is 4. The van der Waals surface area contributed by atoms with Crippen molar-refractivity contribution in [1.29, 1.82) is 0 Å². The second-order valence-corrected chi connectivity index (χ2v) is 5.61. The van der Waals surface area contributed by atoms with Crippen molar-refractivity contribution in [2.45, 2.75) is 46.8 Å². The highest BCUT2D eigenvalue weighted by atomic mass is 16.5. The summed E-state index contributed by atoms with van der Waals surface area (Å²) in [6, 6.07) is 1.85. The minimum Gasteiger partial charge on any atom is -0.386 e. The molecule has 0 saturated carbocycles. The van der Waals surface area contributed by atoms with Crippen LogP contribution in [0.2, 0.25) is 0 Å². The lowest BCUT2D eigenvalue weighted by Crippen LogP contribution is -2.36. The van der Waals surface area contributed by atoms with E-state index in [0.29, 0.717) is 18.0 Å². The van der Waals surface area contributed by atoms with E-state index < -0.39 is 6.10 Å². The van der Waals surface area contributed by atoms with Gasteiger partial charge in [-0.1, -0.05) is 20.8 Å². The molecule has 0 amide bonds. The largest absolute Gasteiger partial charge is 0.386 e. The van der Waals surface area contributed by atoms with Gasteiger partial charge < -0.3 is 15.6 Å². The number of aryl methyl sites for hydroxylation is 1. The normalized spacial score (nSPS) is 15.4. The van der Waals surface area contributed by atoms with Crippen molar-refractivity contribution in [1.82, 2.24) is 4.98 Å². The standard InChI is InChI=1S/C14H24N2O2/c1-6-18-12(14(3,4)5)11(17)10-9(2)7-8-16-13(10)15/h7-8,11-12,17H,6H2,1-5H3,(H2,15,16). The maximum atomic E-state index is 10.6. The van der Waals surface area contributed by atoms with Crippen LogP contribution in [-0.4, -0.2) is 22.8 Å². The van der Waals surface area contributed by atoms with Crippen molar-refractivity contribution in [3.63, 3.8) is 0 Å². The second kappa shape index (κ2) is 5.67. The minimum absolute atomic E-state index is 0.176. The number of nitrogens with zero attached hydrogens (tertiary/aromatic N) is 1. The molecule has 1 aromatic rings. The molecule has 2 atom stereocenters. The van der Waals surface area contributed by atoms with Crippen LogP contribution < -0.4 is 5.73 Å². The summed E-state index contributed by atoms with van der Waals surface area (Å²) in [5.74, 6) is 0.372. The minimum atomic E-state index is -0.765. The third-order valence-corrected chi connectivity index (χ3v) is 3.02. The second-order valence-electron chi connectivity index (χ2n) is 5.61. The van der Waals surface area contributed by atoms with Gasteiger partial charge >= 0.3 is 0 Å². The predicted molar refractivity (Wildman–Crippen MR) is 73.2 cm³/mol. The van der Waals surface area contributed by atoms with Crippen LogP contribution in [-0.2, 0) is 4.74 Å². The molecule has 2 unspecified atom stereocenters. The molecule has 3 N–H and O–H groups in total. The van der Waals surface area contributed by atoms with Crippen LogP contribution in [0.1, 0.15) is 44.9 Å². The summed E-state index contributed by atoms with van der Waals surface area (Å²) < 4.78 is 5.70. The fourth-order valence-electron chi connectivity index (χ4n) is 2.12. The third-order valence-electron chi connectivity index (χ3n) is 3.02. The van der Waals surface area contributed by atoms with Crippen LogP contribution in [0.5, 0.6) is 0 Å². The van der Waals surface area contributed by atoms with Gasteiger partial charge in [0.1, 0.15) is 11.9 Å². The first-order chi connectivity index (χ1) is 8.29. The number of ether oxygens (including phenoxy) is 1. The molecule has 0 aliphatic carbocycles. The SMILES string of the molecule is CCOC(C(O)c1c(C)ccnc1N)C(C)(C)C. The van der Waals surface area contributed by atoms with Crippen LogP contribution in [0.3, 0.4) is 0 Å². The zero-order valence-corrected chi connectivity index (χ0v) is 11.9. The smallest absolute Gasteiger partial charge is 0.129 e. The Balaban J connectivity index is 3.14. The first-order valence-corrected chi connectivity index (χ1v) is 6.29. The molecule has 0 aliphatic rings. The number of nitrogen functional groups attached to an aromatic ring is 1. The fraction of sp³-hybridized carbons (Fsp3) is 0.643. The Labute approximate surface area is 109 Å². The average molecular weight is 252 g/mol. The van der Waals surface area contributed by atoms with Gasteiger partial charge in [-0.05, 0) is 30.9 Å². The molecular formula is C14H24N2O2. The number of nitrogens with two attached hydrogens (primary N) is 1. The highest BCUT2D eigenvalue weighted by Gasteiger charge is 2.34. The van der Waals surface area contributed by atoms with Crippen molar-refractivity contribution in [2.24, 2.45) is 5.41 Å². The van der Waals surface area contributed by atoms with Gasteiger partial charge in [-0.2, -0.15) is 0 Å². The van der Waals surface area contributed by atoms with Crippen molar-refractivity contribution >= 4 is 5.82 Å². The summed E-state index contributed by atoms with van der Waals surface area (Å²) in [6.07, 6.45) is 0.569. The monoisotopic (exact) mass is 252 g/mol. The lowest BCUT2D eigenvalue weighted by atomic mass is 9.82. The molecule has 0 bridgehead atoms. The molecule has 1 rings (SSSR count). The lowest BCUT2D eigenvalue weighted by molar-refractivity contribution is -0.0898. The molecule has 4 heteroatoms. The van der Waals surface area contributed by atoms with E-state index in [1.807, 2.05) is 40.7 Å². The number of hydrogen-bond donors (Lipinski definition) is 2. The Hall–Kier alpha value is -1.13. The van der Waals surface area contributed by atoms with Crippen molar-refractivity contribution in [3.8, 4) is 0 Å². The lowest BCUT2D eigenvalue weighted by Gasteiger charge is -2.35. The molecule has 0 aromatic carbocycles. The zero-order valence-electron chi connectivity index (χ0n) is 11.9. The Kier molecular flexibility index (Phi) is 4.71. The van der Waals surface area contributed by atoms with Gasteiger partial charge in [-0.3, -0.25) is 0 Å². The molecule has 0 saturated heterocycles. The van der Waals surface area contributed by atoms with Crippen LogP contribution >= 0.6 is 0 Å². The van der Waals surface area contributed by atoms with Gasteiger partial charge in [-0.15, -0.1) is 0 Å². The average Bonchev–Trinajstić information content (AvgIpc) is 2.23. The fourth-order valence-corrected chi connectivity index (χ4v) is 2.12. The van der Waals surface area contributed by atoms with Crippen LogP contribution in [0.15, 0.2) is 12.3 Å². The summed E-state index contributed by atoms with van der Waals surface area (Å²) in [6.45, 7) is 10.5. The van der Waals surface area contributed by atoms with Crippen LogP contribution in [0.4, 0.5) is 5.82 Å². The van der Waals surface area contributed by atoms with E-state index in [4.69, 9.17) is 10.5 Å². The highest BCUT2D eigenvalue weighted by molar-refractivity contribution is 5.45. The van der Waals surface area contributed by atoms with Gasteiger partial charge in [0, 0.05) is 18.4 Å². The molecule has 0 radical (unpaired) electrons. The van der Waals surface area contributed by atoms with E-state index in [0.717, 1.165) is 5.56 Å². The van der Waals surface area contributed by atoms with Gasteiger partial charge in [0.15, 0.2) is 0 Å². The number of hydrogen-bond acceptors (Lipinski definition) is 4. The summed E-state index contributed by atoms with van der Waals surface area (Å²) in [5, 5.41) is 10.6. The van der Waals surface area contributed by atoms with Crippen molar-refractivity contribution in [3.05, 3.63) is 23.4 Å². The van der Waals surface area contributed by atoms with Gasteiger partial charge in [0.05, 0.1) is 6.10 Å². The molecule has 1 aromatic heterocycles. The molecular weight excluding hydrogens is 228 g/mol. The Morgan fingerprint density at radius 1 is 1.44 bits per heavy atom. The molecule has 0 spiro atoms. The summed E-state index contributed by atoms with van der Waals surface area (Å²) >= 11 is 0. The Morgan fingerprint density at radius 3 is 2.50 bits per heavy atom. The van der Waals surface area contributed by atoms with E-state index in [-0.39, 0.29) is 11.5 Å². The highest BCUT2D eigenvalue weighted by Crippen LogP contribution is 2.35. The first kappa shape index (κ1) is 14.9. The summed E-state index contributed by atoms with van der Waals surface area (Å²) in [7, 11) is 0. The number of pyridine rings is 1. The molecule has 0 aliphatic heterocycles. The molecule has 4 nitrogen and oxygen atoms in total. The van der Waals surface area contributed by atoms with E-state index in [1.165, 1.54) is 0 Å². The summed E-state index contributed by atoms with van der Waals surface area (Å²) in [4.78, 5) is 4.05. The van der Waals surface area contributed by atoms with Gasteiger partial charge in [0.2, 0.25) is 0 Å². The quantitative estimate of drug-likeness (QED) is 0.863. The van der Waals surface area contributed by atoms with E-state index in [9.17, 15) is 5.11 Å². The van der Waals surface area contributed by atoms with Crippen LogP contribution in [0.25, 0.3) is 0 Å². The number of anilines is 1. The third kappa shape index (κ3) is 3.21. The van der Waals surface area contributed by atoms with E-state index in [2.05, 4.69) is 4.98 Å². The van der Waals surface area contributed by atoms with Crippen LogP contribution in [0, 0.1) is 12.3 Å². The maximum absolute atomic E-state index is 10.6. The van der Waals surface area contributed by atoms with Crippen molar-refractivity contribution in [2.75, 3.05) is 12.3 Å². The van der Waals surface area contributed by atoms with Gasteiger partial charge in [-0.25, -0.2) is 4.98 Å². The zero-order chi connectivity index (χ0) is 13.9. The molecule has 102 valence electrons. The number of aliphatic hydroxyl groups is 1. The van der Waals surface area contributed by atoms with E-state index in [1.54, 1.807) is 6.20 Å². The first-order valence-electron chi connectivity index (χ1n) is 6.29. The maximum Gasteiger partial charge on any atom is 0.129 e. The molecule has 1 heterocycles. The Bertz CT molecular complexity index is 379. The number of aromatic nitrogens is 1. The Morgan fingerprint density at radius 2 is 2.06 bits per heavy atom. The topological polar surface area (TPSA) is 68.4 Å². The van der Waals surface area contributed by atoms with Gasteiger partial charge in [0.25, 0.3) is 0 Å². The molecule has 0 fully saturated rings. The van der Waals surface area contributed by atoms with Crippen molar-refractivity contribution < 1.29 is 9.84 Å². The number of aliphatic hydroxyl groups excluding tert-OH is 1. The predicted octanol–water partition coefficient (Wildman–Crippen LogP) is 2.46. The van der Waals surface area contributed by atoms with E-state index >= 15 is 0 Å². The molecule has 18 heavy (non-hydrogen) atoms. The summed E-state index contributed by atoms with van der Waals surface area (Å²) in [5.41, 5.74) is 7.30.